The lowest BCUT2D eigenvalue weighted by Gasteiger charge is -2.36. The second kappa shape index (κ2) is 5.41. The minimum absolute atomic E-state index is 0.215. The number of aromatic nitrogens is 2. The van der Waals surface area contributed by atoms with Gasteiger partial charge in [-0.05, 0) is 20.8 Å². The molecule has 2 atom stereocenters. The highest BCUT2D eigenvalue weighted by Gasteiger charge is 2.25. The number of morpholine rings is 1. The smallest absolute Gasteiger partial charge is 0.137 e. The summed E-state index contributed by atoms with van der Waals surface area (Å²) < 4.78 is 5.75. The summed E-state index contributed by atoms with van der Waals surface area (Å²) >= 11 is 6.18. The third kappa shape index (κ3) is 2.75. The van der Waals surface area contributed by atoms with Crippen LogP contribution < -0.4 is 4.90 Å². The molecule has 1 aliphatic rings. The summed E-state index contributed by atoms with van der Waals surface area (Å²) in [6.45, 7) is 9.88. The maximum Gasteiger partial charge on any atom is 0.137 e. The van der Waals surface area contributed by atoms with E-state index < -0.39 is 0 Å². The first kappa shape index (κ1) is 13.6. The van der Waals surface area contributed by atoms with Gasteiger partial charge in [-0.3, -0.25) is 0 Å². The van der Waals surface area contributed by atoms with Gasteiger partial charge in [0.2, 0.25) is 0 Å². The number of nitrogens with zero attached hydrogens (tertiary/aromatic N) is 3. The van der Waals surface area contributed by atoms with Crippen molar-refractivity contribution in [3.05, 3.63) is 16.5 Å². The Hall–Kier alpha value is -0.870. The summed E-state index contributed by atoms with van der Waals surface area (Å²) in [4.78, 5) is 11.2. The lowest BCUT2D eigenvalue weighted by molar-refractivity contribution is -0.00551. The fraction of sp³-hybridized carbons (Fsp3) is 0.692. The summed E-state index contributed by atoms with van der Waals surface area (Å²) in [5.41, 5.74) is 0.954. The fourth-order valence-corrected chi connectivity index (χ4v) is 2.52. The second-order valence-corrected chi connectivity index (χ2v) is 5.25. The van der Waals surface area contributed by atoms with Gasteiger partial charge in [0.1, 0.15) is 16.8 Å². The molecule has 1 aromatic heterocycles. The quantitative estimate of drug-likeness (QED) is 0.774. The lowest BCUT2D eigenvalue weighted by Crippen LogP contribution is -2.46. The van der Waals surface area contributed by atoms with Crippen LogP contribution in [0, 0.1) is 6.92 Å². The highest BCUT2D eigenvalue weighted by molar-refractivity contribution is 6.30. The van der Waals surface area contributed by atoms with E-state index in [0.717, 1.165) is 36.7 Å². The van der Waals surface area contributed by atoms with E-state index in [0.29, 0.717) is 5.15 Å². The largest absolute Gasteiger partial charge is 0.372 e. The number of ether oxygens (including phenoxy) is 1. The number of halogens is 1. The zero-order valence-corrected chi connectivity index (χ0v) is 12.2. The van der Waals surface area contributed by atoms with Crippen LogP contribution in [0.2, 0.25) is 5.15 Å². The van der Waals surface area contributed by atoms with Gasteiger partial charge in [-0.25, -0.2) is 9.97 Å². The highest BCUT2D eigenvalue weighted by atomic mass is 35.5. The molecule has 100 valence electrons. The van der Waals surface area contributed by atoms with Gasteiger partial charge in [0.15, 0.2) is 0 Å². The number of aryl methyl sites for hydroxylation is 1. The van der Waals surface area contributed by atoms with Crippen molar-refractivity contribution >= 4 is 17.4 Å². The Labute approximate surface area is 113 Å². The molecule has 18 heavy (non-hydrogen) atoms. The summed E-state index contributed by atoms with van der Waals surface area (Å²) in [7, 11) is 0. The van der Waals surface area contributed by atoms with Crippen molar-refractivity contribution in [1.82, 2.24) is 9.97 Å². The molecule has 1 fully saturated rings. The van der Waals surface area contributed by atoms with E-state index in [9.17, 15) is 0 Å². The van der Waals surface area contributed by atoms with Gasteiger partial charge in [-0.2, -0.15) is 0 Å². The van der Waals surface area contributed by atoms with E-state index in [1.54, 1.807) is 0 Å². The van der Waals surface area contributed by atoms with Crippen LogP contribution in [-0.2, 0) is 11.2 Å². The molecule has 0 N–H and O–H groups in total. The van der Waals surface area contributed by atoms with Crippen molar-refractivity contribution in [1.29, 1.82) is 0 Å². The molecule has 0 aliphatic carbocycles. The highest BCUT2D eigenvalue weighted by Crippen LogP contribution is 2.26. The summed E-state index contributed by atoms with van der Waals surface area (Å²) in [6.07, 6.45) is 1.22. The van der Waals surface area contributed by atoms with E-state index in [1.165, 1.54) is 0 Å². The van der Waals surface area contributed by atoms with Crippen molar-refractivity contribution in [3.8, 4) is 0 Å². The lowest BCUT2D eigenvalue weighted by atomic mass is 10.2. The average molecular weight is 270 g/mol. The molecule has 5 heteroatoms. The maximum absolute atomic E-state index is 6.18. The van der Waals surface area contributed by atoms with Crippen molar-refractivity contribution in [3.63, 3.8) is 0 Å². The van der Waals surface area contributed by atoms with Gasteiger partial charge in [0, 0.05) is 25.1 Å². The van der Waals surface area contributed by atoms with Crippen LogP contribution in [0.4, 0.5) is 5.82 Å². The standard InChI is InChI=1S/C13H20ClN3O/c1-5-11-15-12(14)10(4)13(16-11)17-6-8(2)18-9(3)7-17/h8-9H,5-7H2,1-4H3. The number of hydrogen-bond donors (Lipinski definition) is 0. The van der Waals surface area contributed by atoms with Gasteiger partial charge in [0.25, 0.3) is 0 Å². The third-order valence-electron chi connectivity index (χ3n) is 3.14. The molecular formula is C13H20ClN3O. The SMILES string of the molecule is CCc1nc(Cl)c(C)c(N2CC(C)OC(C)C2)n1. The third-order valence-corrected chi connectivity index (χ3v) is 3.51. The Kier molecular flexibility index (Phi) is 4.07. The average Bonchev–Trinajstić information content (AvgIpc) is 2.31. The monoisotopic (exact) mass is 269 g/mol. The molecule has 0 saturated carbocycles. The Morgan fingerprint density at radius 2 is 1.89 bits per heavy atom. The molecule has 2 rings (SSSR count). The molecule has 0 radical (unpaired) electrons. The predicted octanol–water partition coefficient (Wildman–Crippen LogP) is 2.61. The molecule has 1 aromatic rings. The maximum atomic E-state index is 6.18. The minimum atomic E-state index is 0.215. The van der Waals surface area contributed by atoms with Gasteiger partial charge in [0.05, 0.1) is 12.2 Å². The van der Waals surface area contributed by atoms with Crippen molar-refractivity contribution in [2.24, 2.45) is 0 Å². The van der Waals surface area contributed by atoms with E-state index in [1.807, 2.05) is 13.8 Å². The summed E-state index contributed by atoms with van der Waals surface area (Å²) in [5, 5.41) is 0.559. The van der Waals surface area contributed by atoms with Crippen LogP contribution in [0.3, 0.4) is 0 Å². The van der Waals surface area contributed by atoms with Crippen LogP contribution >= 0.6 is 11.6 Å². The van der Waals surface area contributed by atoms with Crippen molar-refractivity contribution in [2.75, 3.05) is 18.0 Å². The first-order valence-electron chi connectivity index (χ1n) is 6.44. The van der Waals surface area contributed by atoms with Crippen LogP contribution in [-0.4, -0.2) is 35.3 Å². The molecule has 0 bridgehead atoms. The van der Waals surface area contributed by atoms with Crippen LogP contribution in [0.1, 0.15) is 32.2 Å². The van der Waals surface area contributed by atoms with Crippen molar-refractivity contribution in [2.45, 2.75) is 46.3 Å². The molecule has 4 nitrogen and oxygen atoms in total. The minimum Gasteiger partial charge on any atom is -0.372 e. The normalized spacial score (nSPS) is 24.4. The second-order valence-electron chi connectivity index (χ2n) is 4.90. The molecule has 0 spiro atoms. The van der Waals surface area contributed by atoms with Gasteiger partial charge < -0.3 is 9.64 Å². The van der Waals surface area contributed by atoms with Gasteiger partial charge >= 0.3 is 0 Å². The molecule has 0 amide bonds. The van der Waals surface area contributed by atoms with Gasteiger partial charge in [-0.15, -0.1) is 0 Å². The summed E-state index contributed by atoms with van der Waals surface area (Å²) in [6, 6.07) is 0. The zero-order valence-electron chi connectivity index (χ0n) is 11.4. The van der Waals surface area contributed by atoms with Crippen LogP contribution in [0.15, 0.2) is 0 Å². The first-order chi connectivity index (χ1) is 8.51. The zero-order chi connectivity index (χ0) is 13.3. The summed E-state index contributed by atoms with van der Waals surface area (Å²) in [5.74, 6) is 1.75. The van der Waals surface area contributed by atoms with E-state index >= 15 is 0 Å². The predicted molar refractivity (Wildman–Crippen MR) is 73.4 cm³/mol. The molecule has 2 heterocycles. The number of rotatable bonds is 2. The van der Waals surface area contributed by atoms with Crippen LogP contribution in [0.5, 0.6) is 0 Å². The molecule has 1 aliphatic heterocycles. The number of hydrogen-bond acceptors (Lipinski definition) is 4. The van der Waals surface area contributed by atoms with E-state index in [2.05, 4.69) is 28.7 Å². The fourth-order valence-electron chi connectivity index (χ4n) is 2.34. The molecular weight excluding hydrogens is 250 g/mol. The molecule has 0 aromatic carbocycles. The van der Waals surface area contributed by atoms with E-state index in [-0.39, 0.29) is 12.2 Å². The molecule has 2 unspecified atom stereocenters. The Balaban J connectivity index is 2.34. The Morgan fingerprint density at radius 1 is 1.28 bits per heavy atom. The molecule has 1 saturated heterocycles. The Bertz CT molecular complexity index is 428. The van der Waals surface area contributed by atoms with Crippen LogP contribution in [0.25, 0.3) is 0 Å². The van der Waals surface area contributed by atoms with E-state index in [4.69, 9.17) is 16.3 Å². The van der Waals surface area contributed by atoms with Crippen molar-refractivity contribution < 1.29 is 4.74 Å². The van der Waals surface area contributed by atoms with Gasteiger partial charge in [-0.1, -0.05) is 18.5 Å². The topological polar surface area (TPSA) is 38.2 Å². The number of anilines is 1. The Morgan fingerprint density at radius 3 is 2.44 bits per heavy atom. The first-order valence-corrected chi connectivity index (χ1v) is 6.82.